The first-order chi connectivity index (χ1) is 11.5. The first-order valence-corrected chi connectivity index (χ1v) is 8.41. The smallest absolute Gasteiger partial charge is 0.271 e. The topological polar surface area (TPSA) is 87.5 Å². The second kappa shape index (κ2) is 8.75. The van der Waals surface area contributed by atoms with E-state index in [4.69, 9.17) is 0 Å². The van der Waals surface area contributed by atoms with Gasteiger partial charge in [0.1, 0.15) is 0 Å². The molecular formula is C17H26N4O3. The Labute approximate surface area is 142 Å². The van der Waals surface area contributed by atoms with Crippen LogP contribution in [0.2, 0.25) is 0 Å². The van der Waals surface area contributed by atoms with Crippen molar-refractivity contribution in [1.29, 1.82) is 0 Å². The van der Waals surface area contributed by atoms with E-state index in [-0.39, 0.29) is 11.6 Å². The quantitative estimate of drug-likeness (QED) is 0.589. The summed E-state index contributed by atoms with van der Waals surface area (Å²) in [5.41, 5.74) is 1.32. The summed E-state index contributed by atoms with van der Waals surface area (Å²) >= 11 is 0. The highest BCUT2D eigenvalue weighted by molar-refractivity contribution is 5.93. The molecule has 1 aliphatic rings. The Morgan fingerprint density at radius 1 is 1.38 bits per heavy atom. The molecular weight excluding hydrogens is 308 g/mol. The lowest BCUT2D eigenvalue weighted by Crippen LogP contribution is -2.39. The molecule has 1 aromatic carbocycles. The van der Waals surface area contributed by atoms with E-state index >= 15 is 0 Å². The van der Waals surface area contributed by atoms with Crippen molar-refractivity contribution in [2.75, 3.05) is 38.5 Å². The number of rotatable bonds is 7. The van der Waals surface area contributed by atoms with Gasteiger partial charge >= 0.3 is 0 Å². The standard InChI is InChI=1S/C17H26N4O3/c1-13-3-4-15(21(23)24)11-16(13)19-17(22)12-20-9-6-14(7-10-20)5-8-18-2/h3-4,11,14,18H,5-10,12H2,1-2H3,(H,19,22). The molecule has 1 amide bonds. The predicted molar refractivity (Wildman–Crippen MR) is 94.2 cm³/mol. The molecule has 0 bridgehead atoms. The number of nitrogens with one attached hydrogen (secondary N) is 2. The third-order valence-electron chi connectivity index (χ3n) is 4.58. The number of carbonyl (C=O) groups is 1. The fourth-order valence-electron chi connectivity index (χ4n) is 3.03. The van der Waals surface area contributed by atoms with Crippen LogP contribution in [0.5, 0.6) is 0 Å². The van der Waals surface area contributed by atoms with Gasteiger partial charge in [-0.2, -0.15) is 0 Å². The number of carbonyl (C=O) groups excluding carboxylic acids is 1. The maximum atomic E-state index is 12.2. The molecule has 0 spiro atoms. The molecule has 1 aliphatic heterocycles. The number of benzene rings is 1. The molecule has 132 valence electrons. The molecule has 1 saturated heterocycles. The van der Waals surface area contributed by atoms with Crippen molar-refractivity contribution in [2.45, 2.75) is 26.2 Å². The van der Waals surface area contributed by atoms with Crippen LogP contribution >= 0.6 is 0 Å². The van der Waals surface area contributed by atoms with Gasteiger partial charge in [-0.1, -0.05) is 6.07 Å². The van der Waals surface area contributed by atoms with E-state index < -0.39 is 4.92 Å². The van der Waals surface area contributed by atoms with Gasteiger partial charge in [-0.3, -0.25) is 19.8 Å². The molecule has 1 fully saturated rings. The van der Waals surface area contributed by atoms with E-state index in [0.29, 0.717) is 12.2 Å². The third kappa shape index (κ3) is 5.28. The number of nitro groups is 1. The maximum Gasteiger partial charge on any atom is 0.271 e. The largest absolute Gasteiger partial charge is 0.324 e. The van der Waals surface area contributed by atoms with Crippen molar-refractivity contribution in [1.82, 2.24) is 10.2 Å². The number of anilines is 1. The Kier molecular flexibility index (Phi) is 6.69. The summed E-state index contributed by atoms with van der Waals surface area (Å²) in [7, 11) is 1.97. The van der Waals surface area contributed by atoms with Gasteiger partial charge in [-0.05, 0) is 64.3 Å². The van der Waals surface area contributed by atoms with E-state index in [1.54, 1.807) is 6.07 Å². The lowest BCUT2D eigenvalue weighted by molar-refractivity contribution is -0.384. The van der Waals surface area contributed by atoms with Crippen LogP contribution in [0.4, 0.5) is 11.4 Å². The van der Waals surface area contributed by atoms with Gasteiger partial charge in [-0.15, -0.1) is 0 Å². The Morgan fingerprint density at radius 2 is 2.08 bits per heavy atom. The summed E-state index contributed by atoms with van der Waals surface area (Å²) in [4.78, 5) is 24.8. The zero-order valence-corrected chi connectivity index (χ0v) is 14.4. The molecule has 1 aromatic rings. The van der Waals surface area contributed by atoms with Gasteiger partial charge in [0, 0.05) is 12.1 Å². The molecule has 1 heterocycles. The molecule has 0 aliphatic carbocycles. The fourth-order valence-corrected chi connectivity index (χ4v) is 3.03. The van der Waals surface area contributed by atoms with Gasteiger partial charge in [-0.25, -0.2) is 0 Å². The summed E-state index contributed by atoms with van der Waals surface area (Å²) < 4.78 is 0. The summed E-state index contributed by atoms with van der Waals surface area (Å²) in [6, 6.07) is 4.51. The van der Waals surface area contributed by atoms with Crippen molar-refractivity contribution in [3.05, 3.63) is 33.9 Å². The normalized spacial score (nSPS) is 16.1. The Bertz CT molecular complexity index is 583. The number of nitrogens with zero attached hydrogens (tertiary/aromatic N) is 2. The van der Waals surface area contributed by atoms with Crippen molar-refractivity contribution >= 4 is 17.3 Å². The summed E-state index contributed by atoms with van der Waals surface area (Å²) in [6.07, 6.45) is 3.42. The number of likely N-dealkylation sites (tertiary alicyclic amines) is 1. The van der Waals surface area contributed by atoms with Gasteiger partial charge in [0.15, 0.2) is 0 Å². The zero-order chi connectivity index (χ0) is 17.5. The van der Waals surface area contributed by atoms with Crippen LogP contribution in [0.25, 0.3) is 0 Å². The average molecular weight is 334 g/mol. The zero-order valence-electron chi connectivity index (χ0n) is 14.4. The second-order valence-electron chi connectivity index (χ2n) is 6.42. The van der Waals surface area contributed by atoms with Crippen LogP contribution in [0, 0.1) is 23.0 Å². The maximum absolute atomic E-state index is 12.2. The molecule has 0 radical (unpaired) electrons. The Hall–Kier alpha value is -1.99. The van der Waals surface area contributed by atoms with Crippen LogP contribution in [0.15, 0.2) is 18.2 Å². The number of nitro benzene ring substituents is 1. The molecule has 0 atom stereocenters. The molecule has 7 nitrogen and oxygen atoms in total. The SMILES string of the molecule is CNCCC1CCN(CC(=O)Nc2cc([N+](=O)[O-])ccc2C)CC1. The molecule has 2 N–H and O–H groups in total. The van der Waals surface area contributed by atoms with Crippen molar-refractivity contribution in [3.63, 3.8) is 0 Å². The van der Waals surface area contributed by atoms with E-state index in [2.05, 4.69) is 15.5 Å². The van der Waals surface area contributed by atoms with Crippen LogP contribution < -0.4 is 10.6 Å². The minimum Gasteiger partial charge on any atom is -0.324 e. The summed E-state index contributed by atoms with van der Waals surface area (Å²) in [5.74, 6) is 0.614. The van der Waals surface area contributed by atoms with Crippen molar-refractivity contribution in [2.24, 2.45) is 5.92 Å². The Balaban J connectivity index is 1.84. The highest BCUT2D eigenvalue weighted by atomic mass is 16.6. The average Bonchev–Trinajstić information content (AvgIpc) is 2.56. The number of aryl methyl sites for hydroxylation is 1. The van der Waals surface area contributed by atoms with Crippen LogP contribution in [-0.2, 0) is 4.79 Å². The molecule has 7 heteroatoms. The summed E-state index contributed by atoms with van der Waals surface area (Å²) in [5, 5.41) is 16.8. The van der Waals surface area contributed by atoms with Gasteiger partial charge in [0.2, 0.25) is 5.91 Å². The summed E-state index contributed by atoms with van der Waals surface area (Å²) in [6.45, 7) is 5.05. The second-order valence-corrected chi connectivity index (χ2v) is 6.42. The third-order valence-corrected chi connectivity index (χ3v) is 4.58. The van der Waals surface area contributed by atoms with E-state index in [1.807, 2.05) is 14.0 Å². The van der Waals surface area contributed by atoms with Gasteiger partial charge < -0.3 is 10.6 Å². The molecule has 0 unspecified atom stereocenters. The van der Waals surface area contributed by atoms with E-state index in [0.717, 1.165) is 44.0 Å². The minimum atomic E-state index is -0.453. The van der Waals surface area contributed by atoms with Gasteiger partial charge in [0.05, 0.1) is 17.2 Å². The van der Waals surface area contributed by atoms with E-state index in [9.17, 15) is 14.9 Å². The molecule has 24 heavy (non-hydrogen) atoms. The molecule has 0 aromatic heterocycles. The number of piperidine rings is 1. The fraction of sp³-hybridized carbons (Fsp3) is 0.588. The first-order valence-electron chi connectivity index (χ1n) is 8.41. The highest BCUT2D eigenvalue weighted by Gasteiger charge is 2.21. The predicted octanol–water partition coefficient (Wildman–Crippen LogP) is 2.16. The van der Waals surface area contributed by atoms with Crippen LogP contribution in [0.3, 0.4) is 0 Å². The van der Waals surface area contributed by atoms with Crippen LogP contribution in [-0.4, -0.2) is 49.0 Å². The number of amides is 1. The minimum absolute atomic E-state index is 0.0127. The van der Waals surface area contributed by atoms with Gasteiger partial charge in [0.25, 0.3) is 5.69 Å². The highest BCUT2D eigenvalue weighted by Crippen LogP contribution is 2.23. The number of hydrogen-bond acceptors (Lipinski definition) is 5. The first kappa shape index (κ1) is 18.4. The van der Waals surface area contributed by atoms with Crippen molar-refractivity contribution in [3.8, 4) is 0 Å². The molecule has 0 saturated carbocycles. The number of hydrogen-bond donors (Lipinski definition) is 2. The lowest BCUT2D eigenvalue weighted by atomic mass is 9.93. The lowest BCUT2D eigenvalue weighted by Gasteiger charge is -2.31. The monoisotopic (exact) mass is 334 g/mol. The van der Waals surface area contributed by atoms with Crippen LogP contribution in [0.1, 0.15) is 24.8 Å². The van der Waals surface area contributed by atoms with Crippen molar-refractivity contribution < 1.29 is 9.72 Å². The van der Waals surface area contributed by atoms with E-state index in [1.165, 1.54) is 18.6 Å². The molecule has 2 rings (SSSR count). The number of non-ortho nitro benzene ring substituents is 1. The Morgan fingerprint density at radius 3 is 2.71 bits per heavy atom.